The first-order chi connectivity index (χ1) is 20.6. The zero-order chi connectivity index (χ0) is 32.9. The average molecular weight is 611 g/mol. The van der Waals surface area contributed by atoms with E-state index in [-0.39, 0.29) is 24.3 Å². The number of hydrogen-bond acceptors (Lipinski definition) is 10. The molecule has 2 aromatic rings. The van der Waals surface area contributed by atoms with Crippen molar-refractivity contribution in [1.29, 1.82) is 0 Å². The molecule has 238 valence electrons. The lowest BCUT2D eigenvalue weighted by Crippen LogP contribution is -2.22. The number of unbranched alkanes of at least 4 members (excludes halogenated alkanes) is 1. The number of carbonyl (C=O) groups excluding carboxylic acids is 4. The van der Waals surface area contributed by atoms with Gasteiger partial charge in [-0.3, -0.25) is 9.59 Å². The van der Waals surface area contributed by atoms with Crippen LogP contribution in [0.5, 0.6) is 23.0 Å². The molecule has 0 spiro atoms. The van der Waals surface area contributed by atoms with Crippen molar-refractivity contribution in [2.45, 2.75) is 78.4 Å². The van der Waals surface area contributed by atoms with Gasteiger partial charge in [-0.2, -0.15) is 0 Å². The minimum absolute atomic E-state index is 0.0821. The van der Waals surface area contributed by atoms with Crippen molar-refractivity contribution in [2.75, 3.05) is 14.2 Å². The van der Waals surface area contributed by atoms with E-state index >= 15 is 0 Å². The normalized spacial score (nSPS) is 11.7. The van der Waals surface area contributed by atoms with Crippen molar-refractivity contribution in [2.24, 2.45) is 0 Å². The molecule has 0 atom stereocenters. The lowest BCUT2D eigenvalue weighted by Gasteiger charge is -2.18. The van der Waals surface area contributed by atoms with Gasteiger partial charge in [0.1, 0.15) is 11.2 Å². The summed E-state index contributed by atoms with van der Waals surface area (Å²) in [5.74, 6) is -0.779. The van der Waals surface area contributed by atoms with Gasteiger partial charge in [0, 0.05) is 25.0 Å². The fraction of sp³-hybridized carbons (Fsp3) is 0.412. The quantitative estimate of drug-likeness (QED) is 0.108. The number of hydrogen-bond donors (Lipinski definition) is 0. The van der Waals surface area contributed by atoms with Gasteiger partial charge in [-0.1, -0.05) is 12.1 Å². The minimum Gasteiger partial charge on any atom is -0.493 e. The van der Waals surface area contributed by atoms with E-state index in [0.717, 1.165) is 0 Å². The molecule has 0 N–H and O–H groups in total. The van der Waals surface area contributed by atoms with Crippen molar-refractivity contribution in [3.63, 3.8) is 0 Å². The molecule has 0 aliphatic rings. The van der Waals surface area contributed by atoms with Crippen LogP contribution >= 0.6 is 0 Å². The third-order valence-electron chi connectivity index (χ3n) is 5.47. The van der Waals surface area contributed by atoms with E-state index in [1.54, 1.807) is 90.1 Å². The average Bonchev–Trinajstić information content (AvgIpc) is 2.92. The van der Waals surface area contributed by atoms with Crippen LogP contribution in [0, 0.1) is 0 Å². The van der Waals surface area contributed by atoms with Gasteiger partial charge in [0.05, 0.1) is 14.2 Å². The molecule has 0 saturated heterocycles. The highest BCUT2D eigenvalue weighted by Crippen LogP contribution is 2.30. The van der Waals surface area contributed by atoms with E-state index in [4.69, 9.17) is 28.4 Å². The molecule has 0 amide bonds. The van der Waals surface area contributed by atoms with Crippen LogP contribution in [0.25, 0.3) is 12.2 Å². The predicted molar refractivity (Wildman–Crippen MR) is 165 cm³/mol. The van der Waals surface area contributed by atoms with Crippen LogP contribution in [-0.2, 0) is 28.7 Å². The summed E-state index contributed by atoms with van der Waals surface area (Å²) in [5, 5.41) is 0. The van der Waals surface area contributed by atoms with Crippen molar-refractivity contribution >= 4 is 36.0 Å². The van der Waals surface area contributed by atoms with Gasteiger partial charge in [0.25, 0.3) is 0 Å². The van der Waals surface area contributed by atoms with Gasteiger partial charge < -0.3 is 28.4 Å². The van der Waals surface area contributed by atoms with E-state index in [1.807, 2.05) is 0 Å². The smallest absolute Gasteiger partial charge is 0.331 e. The van der Waals surface area contributed by atoms with Crippen LogP contribution < -0.4 is 18.9 Å². The fourth-order valence-corrected chi connectivity index (χ4v) is 3.63. The number of benzene rings is 2. The summed E-state index contributed by atoms with van der Waals surface area (Å²) in [6, 6.07) is 9.79. The van der Waals surface area contributed by atoms with Gasteiger partial charge in [-0.05, 0) is 102 Å². The number of rotatable bonds is 13. The van der Waals surface area contributed by atoms with Gasteiger partial charge in [-0.15, -0.1) is 0 Å². The molecular formula is C34H42O10. The number of esters is 4. The lowest BCUT2D eigenvalue weighted by atomic mass is 10.1. The molecular weight excluding hydrogens is 568 g/mol. The highest BCUT2D eigenvalue weighted by atomic mass is 16.6. The van der Waals surface area contributed by atoms with E-state index < -0.39 is 35.1 Å². The first kappa shape index (κ1) is 35.6. The second kappa shape index (κ2) is 16.3. The maximum absolute atomic E-state index is 12.4. The largest absolute Gasteiger partial charge is 0.493 e. The highest BCUT2D eigenvalue weighted by molar-refractivity contribution is 5.88. The van der Waals surface area contributed by atoms with Crippen LogP contribution in [0.3, 0.4) is 0 Å². The fourth-order valence-electron chi connectivity index (χ4n) is 3.63. The summed E-state index contributed by atoms with van der Waals surface area (Å²) in [6.07, 6.45) is 6.75. The molecule has 0 fully saturated rings. The van der Waals surface area contributed by atoms with Crippen LogP contribution in [0.4, 0.5) is 0 Å². The Hall–Kier alpha value is -4.60. The summed E-state index contributed by atoms with van der Waals surface area (Å²) in [7, 11) is 2.89. The summed E-state index contributed by atoms with van der Waals surface area (Å²) >= 11 is 0. The first-order valence-electron chi connectivity index (χ1n) is 14.2. The van der Waals surface area contributed by atoms with Crippen LogP contribution in [0.15, 0.2) is 48.6 Å². The Bertz CT molecular complexity index is 1270. The maximum Gasteiger partial charge on any atom is 0.331 e. The van der Waals surface area contributed by atoms with Crippen LogP contribution in [-0.4, -0.2) is 49.3 Å². The van der Waals surface area contributed by atoms with Gasteiger partial charge in [0.15, 0.2) is 23.0 Å². The molecule has 0 aliphatic carbocycles. The summed E-state index contributed by atoms with van der Waals surface area (Å²) in [4.78, 5) is 48.6. The van der Waals surface area contributed by atoms with E-state index in [1.165, 1.54) is 26.4 Å². The molecule has 0 unspecified atom stereocenters. The zero-order valence-corrected chi connectivity index (χ0v) is 26.7. The SMILES string of the molecule is COc1cc(/C=C/C(=O)OC(C)(C)C)ccc1OC(=O)CCCCC(=O)Oc1ccc(/C=C/C(=O)OC(C)(C)C)cc1OC. The number of carbonyl (C=O) groups is 4. The Balaban J connectivity index is 1.84. The Morgan fingerprint density at radius 1 is 0.591 bits per heavy atom. The van der Waals surface area contributed by atoms with Crippen LogP contribution in [0.1, 0.15) is 78.4 Å². The van der Waals surface area contributed by atoms with Crippen LogP contribution in [0.2, 0.25) is 0 Å². The topological polar surface area (TPSA) is 124 Å². The highest BCUT2D eigenvalue weighted by Gasteiger charge is 2.16. The Labute approximate surface area is 258 Å². The summed E-state index contributed by atoms with van der Waals surface area (Å²) in [6.45, 7) is 10.7. The molecule has 44 heavy (non-hydrogen) atoms. The summed E-state index contributed by atoms with van der Waals surface area (Å²) in [5.41, 5.74) is 0.133. The molecule has 2 rings (SSSR count). The molecule has 2 aromatic carbocycles. The van der Waals surface area contributed by atoms with E-state index in [0.29, 0.717) is 35.5 Å². The molecule has 0 aromatic heterocycles. The van der Waals surface area contributed by atoms with Gasteiger partial charge >= 0.3 is 23.9 Å². The number of ether oxygens (including phenoxy) is 6. The van der Waals surface area contributed by atoms with E-state index in [9.17, 15) is 19.2 Å². The zero-order valence-electron chi connectivity index (χ0n) is 26.7. The Morgan fingerprint density at radius 3 is 1.27 bits per heavy atom. The van der Waals surface area contributed by atoms with Crippen molar-refractivity contribution in [3.05, 3.63) is 59.7 Å². The minimum atomic E-state index is -0.595. The second-order valence-electron chi connectivity index (χ2n) is 11.7. The first-order valence-corrected chi connectivity index (χ1v) is 14.2. The van der Waals surface area contributed by atoms with E-state index in [2.05, 4.69) is 0 Å². The third kappa shape index (κ3) is 13.6. The Morgan fingerprint density at radius 2 is 0.955 bits per heavy atom. The molecule has 10 heteroatoms. The standard InChI is InChI=1S/C34H42O10/c1-33(2,3)43-31(37)19-15-23-13-17-25(27(21-23)39-7)41-29(35)11-9-10-12-30(36)42-26-18-14-24(22-28(26)40-8)16-20-32(38)44-34(4,5)6/h13-22H,9-12H2,1-8H3/b19-15+,20-16+. The molecule has 0 heterocycles. The van der Waals surface area contributed by atoms with Crippen molar-refractivity contribution in [1.82, 2.24) is 0 Å². The molecule has 0 radical (unpaired) electrons. The predicted octanol–water partition coefficient (Wildman–Crippen LogP) is 6.49. The monoisotopic (exact) mass is 610 g/mol. The molecule has 0 saturated carbocycles. The molecule has 0 bridgehead atoms. The third-order valence-corrected chi connectivity index (χ3v) is 5.47. The van der Waals surface area contributed by atoms with Crippen molar-refractivity contribution in [3.8, 4) is 23.0 Å². The van der Waals surface area contributed by atoms with Gasteiger partial charge in [0.2, 0.25) is 0 Å². The summed E-state index contributed by atoms with van der Waals surface area (Å²) < 4.78 is 32.0. The lowest BCUT2D eigenvalue weighted by molar-refractivity contribution is -0.149. The second-order valence-corrected chi connectivity index (χ2v) is 11.7. The molecule has 0 aliphatic heterocycles. The number of methoxy groups -OCH3 is 2. The Kier molecular flexibility index (Phi) is 13.2. The van der Waals surface area contributed by atoms with Gasteiger partial charge in [-0.25, -0.2) is 9.59 Å². The molecule has 10 nitrogen and oxygen atoms in total. The van der Waals surface area contributed by atoms with Crippen molar-refractivity contribution < 1.29 is 47.6 Å². The maximum atomic E-state index is 12.4.